The fraction of sp³-hybridized carbons (Fsp3) is 0.273. The van der Waals surface area contributed by atoms with E-state index in [1.54, 1.807) is 18.2 Å². The number of rotatable bonds is 8. The van der Waals surface area contributed by atoms with Gasteiger partial charge in [-0.2, -0.15) is 0 Å². The number of hydrogen-bond donors (Lipinski definition) is 2. The minimum absolute atomic E-state index is 0.0453. The minimum Gasteiger partial charge on any atom is -0.467 e. The number of esters is 1. The number of fused-ring (bicyclic) bond motifs is 1. The molecule has 1 aliphatic rings. The SMILES string of the molecule is COC(=O)C(CCC(N)=O)N1Cc2c(NC(=O)OCc3ccccc3)cccc2C1=O. The fourth-order valence-corrected chi connectivity index (χ4v) is 3.41. The van der Waals surface area contributed by atoms with Crippen molar-refractivity contribution >= 4 is 29.6 Å². The number of ether oxygens (including phenoxy) is 2. The molecule has 1 aliphatic heterocycles. The van der Waals surface area contributed by atoms with Gasteiger partial charge in [0, 0.05) is 29.8 Å². The largest absolute Gasteiger partial charge is 0.467 e. The van der Waals surface area contributed by atoms with Crippen molar-refractivity contribution in [3.63, 3.8) is 0 Å². The highest BCUT2D eigenvalue weighted by molar-refractivity contribution is 6.03. The minimum atomic E-state index is -0.963. The summed E-state index contributed by atoms with van der Waals surface area (Å²) < 4.78 is 10.0. The van der Waals surface area contributed by atoms with Gasteiger partial charge in [0.05, 0.1) is 7.11 Å². The monoisotopic (exact) mass is 425 g/mol. The smallest absolute Gasteiger partial charge is 0.411 e. The van der Waals surface area contributed by atoms with E-state index in [4.69, 9.17) is 15.2 Å². The molecule has 1 unspecified atom stereocenters. The average Bonchev–Trinajstić information content (AvgIpc) is 3.10. The summed E-state index contributed by atoms with van der Waals surface area (Å²) in [4.78, 5) is 49.9. The fourth-order valence-electron chi connectivity index (χ4n) is 3.41. The Bertz CT molecular complexity index is 992. The van der Waals surface area contributed by atoms with Gasteiger partial charge in [0.1, 0.15) is 12.6 Å². The second kappa shape index (κ2) is 9.75. The molecule has 0 aromatic heterocycles. The number of carbonyl (C=O) groups excluding carboxylic acids is 4. The van der Waals surface area contributed by atoms with Crippen LogP contribution in [0.4, 0.5) is 10.5 Å². The van der Waals surface area contributed by atoms with Crippen molar-refractivity contribution in [2.45, 2.75) is 32.0 Å². The number of carbonyl (C=O) groups is 4. The van der Waals surface area contributed by atoms with Crippen molar-refractivity contribution in [2.75, 3.05) is 12.4 Å². The maximum absolute atomic E-state index is 12.9. The Morgan fingerprint density at radius 1 is 1.13 bits per heavy atom. The first kappa shape index (κ1) is 21.8. The second-order valence-corrected chi connectivity index (χ2v) is 7.00. The van der Waals surface area contributed by atoms with Crippen molar-refractivity contribution in [2.24, 2.45) is 5.73 Å². The van der Waals surface area contributed by atoms with Gasteiger partial charge in [0.2, 0.25) is 5.91 Å². The van der Waals surface area contributed by atoms with E-state index in [-0.39, 0.29) is 26.0 Å². The second-order valence-electron chi connectivity index (χ2n) is 7.00. The Balaban J connectivity index is 1.73. The Labute approximate surface area is 179 Å². The molecule has 3 N–H and O–H groups in total. The Hall–Kier alpha value is -3.88. The van der Waals surface area contributed by atoms with Crippen LogP contribution in [0.25, 0.3) is 0 Å². The highest BCUT2D eigenvalue weighted by Gasteiger charge is 2.38. The van der Waals surface area contributed by atoms with Gasteiger partial charge in [-0.1, -0.05) is 36.4 Å². The van der Waals surface area contributed by atoms with Gasteiger partial charge in [-0.15, -0.1) is 0 Å². The molecule has 9 heteroatoms. The molecular weight excluding hydrogens is 402 g/mol. The van der Waals surface area contributed by atoms with E-state index >= 15 is 0 Å². The average molecular weight is 425 g/mol. The summed E-state index contributed by atoms with van der Waals surface area (Å²) in [6, 6.07) is 13.2. The van der Waals surface area contributed by atoms with E-state index in [9.17, 15) is 19.2 Å². The van der Waals surface area contributed by atoms with Crippen LogP contribution >= 0.6 is 0 Å². The molecule has 0 bridgehead atoms. The summed E-state index contributed by atoms with van der Waals surface area (Å²) in [5.41, 5.74) is 7.35. The van der Waals surface area contributed by atoms with Crippen molar-refractivity contribution in [1.29, 1.82) is 0 Å². The lowest BCUT2D eigenvalue weighted by Crippen LogP contribution is -2.42. The highest BCUT2D eigenvalue weighted by Crippen LogP contribution is 2.32. The van der Waals surface area contributed by atoms with Crippen LogP contribution in [0.15, 0.2) is 48.5 Å². The van der Waals surface area contributed by atoms with Gasteiger partial charge in [0.15, 0.2) is 0 Å². The maximum atomic E-state index is 12.9. The Morgan fingerprint density at radius 2 is 1.87 bits per heavy atom. The van der Waals surface area contributed by atoms with Crippen LogP contribution in [0, 0.1) is 0 Å². The topological polar surface area (TPSA) is 128 Å². The van der Waals surface area contributed by atoms with Crippen molar-refractivity contribution in [3.8, 4) is 0 Å². The Kier molecular flexibility index (Phi) is 6.86. The van der Waals surface area contributed by atoms with Crippen LogP contribution in [0.1, 0.15) is 34.3 Å². The van der Waals surface area contributed by atoms with E-state index in [1.807, 2.05) is 30.3 Å². The lowest BCUT2D eigenvalue weighted by molar-refractivity contribution is -0.146. The van der Waals surface area contributed by atoms with Crippen molar-refractivity contribution in [1.82, 2.24) is 4.90 Å². The number of primary amides is 1. The molecule has 2 aromatic rings. The molecule has 0 spiro atoms. The summed E-state index contributed by atoms with van der Waals surface area (Å²) in [6.07, 6.45) is -0.693. The first-order valence-corrected chi connectivity index (χ1v) is 9.67. The third kappa shape index (κ3) is 5.19. The molecule has 1 heterocycles. The molecule has 31 heavy (non-hydrogen) atoms. The third-order valence-corrected chi connectivity index (χ3v) is 4.96. The van der Waals surface area contributed by atoms with Gasteiger partial charge in [-0.25, -0.2) is 9.59 Å². The molecule has 0 fully saturated rings. The van der Waals surface area contributed by atoms with Crippen LogP contribution in [0.3, 0.4) is 0 Å². The molecule has 3 rings (SSSR count). The van der Waals surface area contributed by atoms with Crippen LogP contribution in [0.5, 0.6) is 0 Å². The molecule has 0 saturated heterocycles. The van der Waals surface area contributed by atoms with E-state index in [0.717, 1.165) is 5.56 Å². The molecule has 0 aliphatic carbocycles. The number of benzene rings is 2. The normalized spacial score (nSPS) is 13.3. The number of anilines is 1. The van der Waals surface area contributed by atoms with E-state index in [1.165, 1.54) is 12.0 Å². The summed E-state index contributed by atoms with van der Waals surface area (Å²) >= 11 is 0. The number of methoxy groups -OCH3 is 1. The van der Waals surface area contributed by atoms with Crippen LogP contribution < -0.4 is 11.1 Å². The van der Waals surface area contributed by atoms with Crippen molar-refractivity contribution < 1.29 is 28.7 Å². The predicted molar refractivity (Wildman–Crippen MR) is 111 cm³/mol. The van der Waals surface area contributed by atoms with Crippen LogP contribution in [-0.4, -0.2) is 41.9 Å². The molecule has 0 radical (unpaired) electrons. The number of hydrogen-bond acceptors (Lipinski definition) is 6. The first-order valence-electron chi connectivity index (χ1n) is 9.67. The van der Waals surface area contributed by atoms with Crippen molar-refractivity contribution in [3.05, 3.63) is 65.2 Å². The molecule has 3 amide bonds. The zero-order chi connectivity index (χ0) is 22.4. The predicted octanol–water partition coefficient (Wildman–Crippen LogP) is 2.20. The quantitative estimate of drug-likeness (QED) is 0.624. The summed E-state index contributed by atoms with van der Waals surface area (Å²) in [7, 11) is 1.21. The van der Waals surface area contributed by atoms with E-state index in [2.05, 4.69) is 5.32 Å². The maximum Gasteiger partial charge on any atom is 0.411 e. The van der Waals surface area contributed by atoms with Gasteiger partial charge >= 0.3 is 12.1 Å². The van der Waals surface area contributed by atoms with Gasteiger partial charge in [-0.3, -0.25) is 14.9 Å². The van der Waals surface area contributed by atoms with Crippen LogP contribution in [0.2, 0.25) is 0 Å². The van der Waals surface area contributed by atoms with Crippen LogP contribution in [-0.2, 0) is 32.2 Å². The first-order chi connectivity index (χ1) is 14.9. The molecule has 162 valence electrons. The zero-order valence-electron chi connectivity index (χ0n) is 17.0. The molecule has 0 saturated carbocycles. The zero-order valence-corrected chi connectivity index (χ0v) is 17.0. The third-order valence-electron chi connectivity index (χ3n) is 4.96. The number of amides is 3. The van der Waals surface area contributed by atoms with Gasteiger partial charge in [-0.05, 0) is 24.1 Å². The van der Waals surface area contributed by atoms with E-state index < -0.39 is 29.9 Å². The molecule has 2 aromatic carbocycles. The molecular formula is C22H23N3O6. The highest BCUT2D eigenvalue weighted by atomic mass is 16.5. The lowest BCUT2D eigenvalue weighted by atomic mass is 10.1. The number of nitrogens with two attached hydrogens (primary N) is 1. The van der Waals surface area contributed by atoms with E-state index in [0.29, 0.717) is 16.8 Å². The molecule has 1 atom stereocenters. The molecule has 9 nitrogen and oxygen atoms in total. The summed E-state index contributed by atoms with van der Waals surface area (Å²) in [5, 5.41) is 2.66. The summed E-state index contributed by atoms with van der Waals surface area (Å²) in [5.74, 6) is -1.61. The lowest BCUT2D eigenvalue weighted by Gasteiger charge is -2.25. The standard InChI is InChI=1S/C22H23N3O6/c1-30-21(28)18(10-11-19(23)26)25-12-16-15(20(25)27)8-5-9-17(16)24-22(29)31-13-14-6-3-2-4-7-14/h2-9,18H,10-13H2,1H3,(H2,23,26)(H,24,29). The number of nitrogens with zero attached hydrogens (tertiary/aromatic N) is 1. The van der Waals surface area contributed by atoms with Gasteiger partial charge < -0.3 is 20.1 Å². The summed E-state index contributed by atoms with van der Waals surface area (Å²) in [6.45, 7) is 0.173. The number of nitrogens with one attached hydrogen (secondary N) is 1. The van der Waals surface area contributed by atoms with Gasteiger partial charge in [0.25, 0.3) is 5.91 Å². The Morgan fingerprint density at radius 3 is 2.55 bits per heavy atom.